The number of fused-ring (bicyclic) bond motifs is 1. The Morgan fingerprint density at radius 2 is 1.12 bits per heavy atom. The molecule has 2 rings (SSSR count). The fraction of sp³-hybridized carbons (Fsp3) is 0.286. The van der Waals surface area contributed by atoms with Gasteiger partial charge in [0, 0.05) is 10.7 Å². The van der Waals surface area contributed by atoms with Crippen molar-refractivity contribution < 1.29 is 0 Å². The summed E-state index contributed by atoms with van der Waals surface area (Å²) < 4.78 is 0. The first-order valence-corrected chi connectivity index (χ1v) is 7.54. The van der Waals surface area contributed by atoms with Crippen molar-refractivity contribution in [1.29, 1.82) is 0 Å². The summed E-state index contributed by atoms with van der Waals surface area (Å²) in [5, 5.41) is 4.50. The molecular formula is C14H14Br2. The number of aryl methyl sites for hydroxylation is 2. The van der Waals surface area contributed by atoms with Crippen LogP contribution in [0.5, 0.6) is 0 Å². The quantitative estimate of drug-likeness (QED) is 0.655. The first kappa shape index (κ1) is 12.1. The van der Waals surface area contributed by atoms with Crippen molar-refractivity contribution in [2.75, 3.05) is 0 Å². The van der Waals surface area contributed by atoms with E-state index in [1.165, 1.54) is 33.0 Å². The van der Waals surface area contributed by atoms with Crippen LogP contribution < -0.4 is 0 Å². The lowest BCUT2D eigenvalue weighted by Gasteiger charge is -2.09. The van der Waals surface area contributed by atoms with Gasteiger partial charge in [0.25, 0.3) is 0 Å². The molecule has 16 heavy (non-hydrogen) atoms. The van der Waals surface area contributed by atoms with Gasteiger partial charge in [0.1, 0.15) is 0 Å². The second kappa shape index (κ2) is 4.89. The van der Waals surface area contributed by atoms with Crippen molar-refractivity contribution in [2.45, 2.75) is 24.5 Å². The molecule has 0 heterocycles. The topological polar surface area (TPSA) is 0 Å². The molecule has 0 bridgehead atoms. The van der Waals surface area contributed by atoms with E-state index >= 15 is 0 Å². The van der Waals surface area contributed by atoms with Crippen LogP contribution in [-0.2, 0) is 10.7 Å². The molecule has 0 amide bonds. The zero-order chi connectivity index (χ0) is 11.7. The van der Waals surface area contributed by atoms with Gasteiger partial charge in [-0.1, -0.05) is 44.0 Å². The van der Waals surface area contributed by atoms with Crippen LogP contribution >= 0.6 is 31.9 Å². The lowest BCUT2D eigenvalue weighted by molar-refractivity contribution is 1.31. The minimum absolute atomic E-state index is 0.913. The van der Waals surface area contributed by atoms with Crippen molar-refractivity contribution >= 4 is 42.6 Å². The fourth-order valence-electron chi connectivity index (χ4n) is 1.92. The molecule has 0 saturated carbocycles. The average molecular weight is 342 g/mol. The molecule has 0 N–H and O–H groups in total. The van der Waals surface area contributed by atoms with Crippen molar-refractivity contribution in [2.24, 2.45) is 0 Å². The van der Waals surface area contributed by atoms with Crippen LogP contribution in [0.25, 0.3) is 10.8 Å². The fourth-order valence-corrected chi connectivity index (χ4v) is 2.96. The SMILES string of the molecule is Cc1cc2cc(CBr)c(CBr)cc2cc1C. The van der Waals surface area contributed by atoms with Crippen LogP contribution in [0.4, 0.5) is 0 Å². The number of alkyl halides is 2. The number of hydrogen-bond donors (Lipinski definition) is 0. The highest BCUT2D eigenvalue weighted by Gasteiger charge is 2.04. The molecule has 2 aromatic rings. The second-order valence-corrected chi connectivity index (χ2v) is 5.29. The number of halogens is 2. The summed E-state index contributed by atoms with van der Waals surface area (Å²) in [4.78, 5) is 0. The maximum atomic E-state index is 3.55. The van der Waals surface area contributed by atoms with Gasteiger partial charge >= 0.3 is 0 Å². The van der Waals surface area contributed by atoms with Gasteiger partial charge in [-0.05, 0) is 59.0 Å². The third-order valence-corrected chi connectivity index (χ3v) is 4.27. The summed E-state index contributed by atoms with van der Waals surface area (Å²) >= 11 is 7.09. The van der Waals surface area contributed by atoms with Gasteiger partial charge in [-0.2, -0.15) is 0 Å². The Hall–Kier alpha value is -0.340. The highest BCUT2D eigenvalue weighted by Crippen LogP contribution is 2.26. The van der Waals surface area contributed by atoms with E-state index in [0.29, 0.717) is 0 Å². The van der Waals surface area contributed by atoms with E-state index < -0.39 is 0 Å². The minimum Gasteiger partial charge on any atom is -0.0876 e. The molecule has 0 unspecified atom stereocenters. The van der Waals surface area contributed by atoms with Gasteiger partial charge in [0.15, 0.2) is 0 Å². The maximum Gasteiger partial charge on any atom is 0.0286 e. The van der Waals surface area contributed by atoms with Crippen LogP contribution in [-0.4, -0.2) is 0 Å². The van der Waals surface area contributed by atoms with Crippen LogP contribution in [0.1, 0.15) is 22.3 Å². The molecule has 0 aliphatic rings. The summed E-state index contributed by atoms with van der Waals surface area (Å²) in [6, 6.07) is 9.11. The average Bonchev–Trinajstić information content (AvgIpc) is 2.29. The molecule has 0 aromatic heterocycles. The molecule has 0 atom stereocenters. The van der Waals surface area contributed by atoms with Crippen LogP contribution in [0, 0.1) is 13.8 Å². The van der Waals surface area contributed by atoms with Crippen molar-refractivity contribution in [3.8, 4) is 0 Å². The highest BCUT2D eigenvalue weighted by molar-refractivity contribution is 9.09. The molecule has 0 fully saturated rings. The first-order valence-electron chi connectivity index (χ1n) is 5.30. The highest BCUT2D eigenvalue weighted by atomic mass is 79.9. The molecule has 0 aliphatic carbocycles. The van der Waals surface area contributed by atoms with Gasteiger partial charge < -0.3 is 0 Å². The summed E-state index contributed by atoms with van der Waals surface area (Å²) in [6.45, 7) is 4.34. The smallest absolute Gasteiger partial charge is 0.0286 e. The van der Waals surface area contributed by atoms with Gasteiger partial charge in [-0.25, -0.2) is 0 Å². The summed E-state index contributed by atoms with van der Waals surface area (Å²) in [5.74, 6) is 0. The van der Waals surface area contributed by atoms with Crippen LogP contribution in [0.2, 0.25) is 0 Å². The zero-order valence-electron chi connectivity index (χ0n) is 9.48. The largest absolute Gasteiger partial charge is 0.0876 e. The first-order chi connectivity index (χ1) is 7.65. The predicted molar refractivity (Wildman–Crippen MR) is 78.7 cm³/mol. The Morgan fingerprint density at radius 3 is 1.44 bits per heavy atom. The number of hydrogen-bond acceptors (Lipinski definition) is 0. The van der Waals surface area contributed by atoms with E-state index in [0.717, 1.165) is 10.7 Å². The molecule has 0 saturated heterocycles. The van der Waals surface area contributed by atoms with Crippen molar-refractivity contribution in [1.82, 2.24) is 0 Å². The van der Waals surface area contributed by atoms with Gasteiger partial charge in [-0.3, -0.25) is 0 Å². The maximum absolute atomic E-state index is 3.55. The van der Waals surface area contributed by atoms with E-state index in [-0.39, 0.29) is 0 Å². The van der Waals surface area contributed by atoms with Crippen LogP contribution in [0.3, 0.4) is 0 Å². The number of rotatable bonds is 2. The Balaban J connectivity index is 2.73. The normalized spacial score (nSPS) is 11.0. The van der Waals surface area contributed by atoms with E-state index in [2.05, 4.69) is 70.0 Å². The summed E-state index contributed by atoms with van der Waals surface area (Å²) in [6.07, 6.45) is 0. The Bertz CT molecular complexity index is 481. The third-order valence-electron chi connectivity index (χ3n) is 3.06. The van der Waals surface area contributed by atoms with Crippen LogP contribution in [0.15, 0.2) is 24.3 Å². The Labute approximate surface area is 113 Å². The molecular weight excluding hydrogens is 328 g/mol. The van der Waals surface area contributed by atoms with Gasteiger partial charge in [0.05, 0.1) is 0 Å². The Morgan fingerprint density at radius 1 is 0.750 bits per heavy atom. The predicted octanol–water partition coefficient (Wildman–Crippen LogP) is 5.25. The molecule has 0 aliphatic heterocycles. The molecule has 2 heteroatoms. The monoisotopic (exact) mass is 340 g/mol. The van der Waals surface area contributed by atoms with E-state index in [9.17, 15) is 0 Å². The summed E-state index contributed by atoms with van der Waals surface area (Å²) in [5.41, 5.74) is 5.46. The third kappa shape index (κ3) is 2.18. The minimum atomic E-state index is 0.913. The van der Waals surface area contributed by atoms with Crippen molar-refractivity contribution in [3.63, 3.8) is 0 Å². The summed E-state index contributed by atoms with van der Waals surface area (Å²) in [7, 11) is 0. The molecule has 0 spiro atoms. The lowest BCUT2D eigenvalue weighted by atomic mass is 9.98. The molecule has 2 aromatic carbocycles. The standard InChI is InChI=1S/C14H14Br2/c1-9-3-11-5-13(7-15)14(8-16)6-12(11)4-10(9)2/h3-6H,7-8H2,1-2H3. The molecule has 84 valence electrons. The lowest BCUT2D eigenvalue weighted by Crippen LogP contribution is -1.90. The zero-order valence-corrected chi connectivity index (χ0v) is 12.7. The molecule has 0 radical (unpaired) electrons. The van der Waals surface area contributed by atoms with E-state index in [4.69, 9.17) is 0 Å². The van der Waals surface area contributed by atoms with E-state index in [1.807, 2.05) is 0 Å². The van der Waals surface area contributed by atoms with Gasteiger partial charge in [-0.15, -0.1) is 0 Å². The Kier molecular flexibility index (Phi) is 3.70. The van der Waals surface area contributed by atoms with Crippen molar-refractivity contribution in [3.05, 3.63) is 46.5 Å². The number of benzene rings is 2. The van der Waals surface area contributed by atoms with Gasteiger partial charge in [0.2, 0.25) is 0 Å². The second-order valence-electron chi connectivity index (χ2n) is 4.17. The van der Waals surface area contributed by atoms with E-state index in [1.54, 1.807) is 0 Å². The molecule has 0 nitrogen and oxygen atoms in total.